The van der Waals surface area contributed by atoms with Gasteiger partial charge in [-0.2, -0.15) is 5.10 Å². The largest absolute Gasteiger partial charge is 0.481 e. The first-order chi connectivity index (χ1) is 8.79. The molecule has 0 spiro atoms. The molecule has 0 bridgehead atoms. The molecule has 1 aromatic rings. The third-order valence-corrected chi connectivity index (χ3v) is 2.99. The summed E-state index contributed by atoms with van der Waals surface area (Å²) >= 11 is 0. The van der Waals surface area contributed by atoms with E-state index in [1.54, 1.807) is 14.0 Å². The van der Waals surface area contributed by atoms with Crippen molar-refractivity contribution < 1.29 is 14.8 Å². The fourth-order valence-corrected chi connectivity index (χ4v) is 2.21. The zero-order chi connectivity index (χ0) is 14.7. The highest BCUT2D eigenvalue weighted by molar-refractivity contribution is 5.77. The topological polar surface area (TPSA) is 98.3 Å². The number of nitrogens with zero attached hydrogens (tertiary/aromatic N) is 3. The van der Waals surface area contributed by atoms with Gasteiger partial charge < -0.3 is 5.11 Å². The predicted molar refractivity (Wildman–Crippen MR) is 69.1 cm³/mol. The smallest absolute Gasteiger partial charge is 0.314 e. The number of hydrogen-bond acceptors (Lipinski definition) is 4. The summed E-state index contributed by atoms with van der Waals surface area (Å²) in [4.78, 5) is 22.1. The summed E-state index contributed by atoms with van der Waals surface area (Å²) in [7, 11) is 1.55. The Morgan fingerprint density at radius 1 is 1.53 bits per heavy atom. The molecule has 1 N–H and O–H groups in total. The maximum atomic E-state index is 11.4. The summed E-state index contributed by atoms with van der Waals surface area (Å²) in [5, 5.41) is 24.6. The SMILES string of the molecule is CCc1nn(C)c(C(CC(C)C)C(=O)O)c1[N+](=O)[O-]. The van der Waals surface area contributed by atoms with Crippen molar-refractivity contribution in [3.63, 3.8) is 0 Å². The molecule has 106 valence electrons. The number of aliphatic carboxylic acids is 1. The van der Waals surface area contributed by atoms with Crippen molar-refractivity contribution in [1.29, 1.82) is 0 Å². The van der Waals surface area contributed by atoms with Gasteiger partial charge in [0.1, 0.15) is 17.3 Å². The molecule has 0 radical (unpaired) electrons. The minimum atomic E-state index is -1.05. The number of aryl methyl sites for hydroxylation is 2. The second-order valence-corrected chi connectivity index (χ2v) is 4.94. The van der Waals surface area contributed by atoms with Crippen molar-refractivity contribution in [2.45, 2.75) is 39.5 Å². The monoisotopic (exact) mass is 269 g/mol. The van der Waals surface area contributed by atoms with E-state index in [1.807, 2.05) is 13.8 Å². The van der Waals surface area contributed by atoms with Crippen LogP contribution in [0.25, 0.3) is 0 Å². The van der Waals surface area contributed by atoms with E-state index < -0.39 is 16.8 Å². The molecule has 0 aromatic carbocycles. The number of carboxylic acid groups (broad SMARTS) is 1. The van der Waals surface area contributed by atoms with Gasteiger partial charge >= 0.3 is 11.7 Å². The number of carboxylic acids is 1. The van der Waals surface area contributed by atoms with E-state index in [0.717, 1.165) is 0 Å². The molecule has 0 aliphatic heterocycles. The summed E-state index contributed by atoms with van der Waals surface area (Å²) in [6.07, 6.45) is 0.747. The van der Waals surface area contributed by atoms with Crippen molar-refractivity contribution in [2.75, 3.05) is 0 Å². The lowest BCUT2D eigenvalue weighted by atomic mass is 9.93. The fraction of sp³-hybridized carbons (Fsp3) is 0.667. The summed E-state index contributed by atoms with van der Waals surface area (Å²) in [6.45, 7) is 5.54. The van der Waals surface area contributed by atoms with Crippen LogP contribution in [0.15, 0.2) is 0 Å². The summed E-state index contributed by atoms with van der Waals surface area (Å²) in [5.41, 5.74) is 0.360. The van der Waals surface area contributed by atoms with E-state index in [-0.39, 0.29) is 17.3 Å². The second-order valence-electron chi connectivity index (χ2n) is 4.94. The van der Waals surface area contributed by atoms with E-state index >= 15 is 0 Å². The van der Waals surface area contributed by atoms with E-state index in [4.69, 9.17) is 0 Å². The number of hydrogen-bond donors (Lipinski definition) is 1. The molecule has 0 fully saturated rings. The van der Waals surface area contributed by atoms with Gasteiger partial charge in [0.05, 0.1) is 4.92 Å². The van der Waals surface area contributed by atoms with Crippen LogP contribution in [-0.2, 0) is 18.3 Å². The molecule has 1 heterocycles. The fourth-order valence-electron chi connectivity index (χ4n) is 2.21. The molecule has 7 nitrogen and oxygen atoms in total. The van der Waals surface area contributed by atoms with Crippen LogP contribution in [-0.4, -0.2) is 25.8 Å². The Morgan fingerprint density at radius 2 is 2.11 bits per heavy atom. The van der Waals surface area contributed by atoms with Gasteiger partial charge in [0, 0.05) is 7.05 Å². The van der Waals surface area contributed by atoms with Crippen LogP contribution in [0.2, 0.25) is 0 Å². The van der Waals surface area contributed by atoms with Crippen LogP contribution >= 0.6 is 0 Å². The van der Waals surface area contributed by atoms with E-state index in [2.05, 4.69) is 5.10 Å². The van der Waals surface area contributed by atoms with Gasteiger partial charge in [0.15, 0.2) is 0 Å². The van der Waals surface area contributed by atoms with Gasteiger partial charge in [-0.3, -0.25) is 19.6 Å². The molecule has 1 aromatic heterocycles. The molecule has 0 saturated heterocycles. The number of carbonyl (C=O) groups is 1. The van der Waals surface area contributed by atoms with Crippen LogP contribution in [0.3, 0.4) is 0 Å². The lowest BCUT2D eigenvalue weighted by molar-refractivity contribution is -0.386. The molecule has 0 saturated carbocycles. The summed E-state index contributed by atoms with van der Waals surface area (Å²) < 4.78 is 1.33. The quantitative estimate of drug-likeness (QED) is 0.630. The molecule has 1 rings (SSSR count). The van der Waals surface area contributed by atoms with E-state index in [0.29, 0.717) is 18.5 Å². The van der Waals surface area contributed by atoms with Gasteiger partial charge in [-0.1, -0.05) is 20.8 Å². The van der Waals surface area contributed by atoms with Gasteiger partial charge in [0.25, 0.3) is 0 Å². The highest BCUT2D eigenvalue weighted by Gasteiger charge is 2.35. The van der Waals surface area contributed by atoms with Crippen molar-refractivity contribution in [2.24, 2.45) is 13.0 Å². The third kappa shape index (κ3) is 3.10. The first-order valence-corrected chi connectivity index (χ1v) is 6.22. The van der Waals surface area contributed by atoms with Crippen LogP contribution in [0.1, 0.15) is 44.5 Å². The molecule has 0 amide bonds. The zero-order valence-electron chi connectivity index (χ0n) is 11.6. The molecule has 19 heavy (non-hydrogen) atoms. The van der Waals surface area contributed by atoms with Crippen LogP contribution < -0.4 is 0 Å². The normalized spacial score (nSPS) is 12.7. The summed E-state index contributed by atoms with van der Waals surface area (Å²) in [5.74, 6) is -1.83. The van der Waals surface area contributed by atoms with E-state index in [1.165, 1.54) is 4.68 Å². The van der Waals surface area contributed by atoms with Crippen LogP contribution in [0.4, 0.5) is 5.69 Å². The maximum absolute atomic E-state index is 11.4. The second kappa shape index (κ2) is 5.81. The Kier molecular flexibility index (Phi) is 4.63. The standard InChI is InChI=1S/C12H19N3O4/c1-5-9-11(15(18)19)10(14(4)13-9)8(12(16)17)6-7(2)3/h7-8H,5-6H2,1-4H3,(H,16,17). The van der Waals surface area contributed by atoms with E-state index in [9.17, 15) is 20.0 Å². The zero-order valence-corrected chi connectivity index (χ0v) is 11.6. The number of nitro groups is 1. The first kappa shape index (κ1) is 15.1. The van der Waals surface area contributed by atoms with Crippen molar-refractivity contribution in [3.05, 3.63) is 21.5 Å². The molecular weight excluding hydrogens is 250 g/mol. The Morgan fingerprint density at radius 3 is 2.47 bits per heavy atom. The third-order valence-electron chi connectivity index (χ3n) is 2.99. The van der Waals surface area contributed by atoms with Crippen molar-refractivity contribution >= 4 is 11.7 Å². The van der Waals surface area contributed by atoms with Crippen molar-refractivity contribution in [1.82, 2.24) is 9.78 Å². The number of rotatable bonds is 6. The highest BCUT2D eigenvalue weighted by Crippen LogP contribution is 2.33. The van der Waals surface area contributed by atoms with Crippen molar-refractivity contribution in [3.8, 4) is 0 Å². The Hall–Kier alpha value is -1.92. The maximum Gasteiger partial charge on any atom is 0.314 e. The van der Waals surface area contributed by atoms with Gasteiger partial charge in [0.2, 0.25) is 0 Å². The van der Waals surface area contributed by atoms with Gasteiger partial charge in [-0.15, -0.1) is 0 Å². The Balaban J connectivity index is 3.40. The Labute approximate surface area is 111 Å². The predicted octanol–water partition coefficient (Wildman–Crippen LogP) is 2.10. The average molecular weight is 269 g/mol. The lowest BCUT2D eigenvalue weighted by Gasteiger charge is -2.14. The molecule has 1 atom stereocenters. The lowest BCUT2D eigenvalue weighted by Crippen LogP contribution is -2.18. The van der Waals surface area contributed by atoms with Crippen LogP contribution in [0, 0.1) is 16.0 Å². The molecule has 7 heteroatoms. The van der Waals surface area contributed by atoms with Gasteiger partial charge in [-0.05, 0) is 18.8 Å². The molecule has 0 aliphatic carbocycles. The number of aromatic nitrogens is 2. The minimum absolute atomic E-state index is 0.126. The minimum Gasteiger partial charge on any atom is -0.481 e. The Bertz CT molecular complexity index is 493. The first-order valence-electron chi connectivity index (χ1n) is 6.22. The molecular formula is C12H19N3O4. The molecule has 1 unspecified atom stereocenters. The van der Waals surface area contributed by atoms with Gasteiger partial charge in [-0.25, -0.2) is 0 Å². The average Bonchev–Trinajstić information content (AvgIpc) is 2.62. The summed E-state index contributed by atoms with van der Waals surface area (Å²) in [6, 6.07) is 0. The molecule has 0 aliphatic rings. The highest BCUT2D eigenvalue weighted by atomic mass is 16.6. The van der Waals surface area contributed by atoms with Crippen LogP contribution in [0.5, 0.6) is 0 Å².